The Morgan fingerprint density at radius 2 is 1.24 bits per heavy atom. The van der Waals surface area contributed by atoms with Crippen molar-refractivity contribution in [3.05, 3.63) is 179 Å². The standard InChI is InChI=1S/C42H41N7/c1-2-3-23-40-44-38(28-29-43)39(45-40)30-31-24-26-32(27-25-31)36-21-13-14-22-37(36)41-46-47-48-49(41)42(33-15-7-4-8-16-33,34-17-9-5-10-18-34)35-19-11-6-12-20-35/h4-22,24-27H,2-3,23,28-30,43H2,1H3,(H,44,45). The number of H-pyrrole nitrogens is 1. The Balaban J connectivity index is 1.31. The predicted octanol–water partition coefficient (Wildman–Crippen LogP) is 8.01. The van der Waals surface area contributed by atoms with Gasteiger partial charge in [-0.2, -0.15) is 0 Å². The third-order valence-corrected chi connectivity index (χ3v) is 9.24. The number of nitrogens with two attached hydrogens (primary N) is 1. The molecule has 3 N–H and O–H groups in total. The second kappa shape index (κ2) is 14.6. The lowest BCUT2D eigenvalue weighted by atomic mass is 9.77. The minimum Gasteiger partial charge on any atom is -0.345 e. The molecule has 0 unspecified atom stereocenters. The van der Waals surface area contributed by atoms with Crippen LogP contribution in [-0.4, -0.2) is 36.7 Å². The Morgan fingerprint density at radius 1 is 0.673 bits per heavy atom. The Hall–Kier alpha value is -5.66. The Kier molecular flexibility index (Phi) is 9.53. The first-order valence-electron chi connectivity index (χ1n) is 17.1. The van der Waals surface area contributed by atoms with Crippen LogP contribution in [-0.2, 0) is 24.8 Å². The summed E-state index contributed by atoms with van der Waals surface area (Å²) in [5.41, 5.74) is 14.8. The molecule has 0 radical (unpaired) electrons. The van der Waals surface area contributed by atoms with Crippen LogP contribution in [0.3, 0.4) is 0 Å². The molecule has 244 valence electrons. The predicted molar refractivity (Wildman–Crippen MR) is 196 cm³/mol. The van der Waals surface area contributed by atoms with Gasteiger partial charge in [-0.1, -0.05) is 153 Å². The molecule has 0 fully saturated rings. The molecule has 0 aliphatic rings. The number of tetrazole rings is 1. The molecule has 7 heteroatoms. The average Bonchev–Trinajstić information content (AvgIpc) is 3.80. The third-order valence-electron chi connectivity index (χ3n) is 9.24. The fourth-order valence-electron chi connectivity index (χ4n) is 6.88. The molecule has 0 aliphatic carbocycles. The highest BCUT2D eigenvalue weighted by Gasteiger charge is 2.42. The number of aromatic amines is 1. The Bertz CT molecular complexity index is 1990. The first-order chi connectivity index (χ1) is 24.2. The summed E-state index contributed by atoms with van der Waals surface area (Å²) in [6, 6.07) is 48.7. The number of hydrogen-bond acceptors (Lipinski definition) is 5. The summed E-state index contributed by atoms with van der Waals surface area (Å²) in [6.07, 6.45) is 4.78. The van der Waals surface area contributed by atoms with Crippen molar-refractivity contribution in [3.63, 3.8) is 0 Å². The average molecular weight is 644 g/mol. The van der Waals surface area contributed by atoms with Crippen LogP contribution >= 0.6 is 0 Å². The van der Waals surface area contributed by atoms with Crippen molar-refractivity contribution in [1.82, 2.24) is 30.2 Å². The van der Waals surface area contributed by atoms with Gasteiger partial charge in [-0.3, -0.25) is 0 Å². The summed E-state index contributed by atoms with van der Waals surface area (Å²) < 4.78 is 1.99. The van der Waals surface area contributed by atoms with Gasteiger partial charge in [0.2, 0.25) is 0 Å². The fraction of sp³-hybridized carbons (Fsp3) is 0.190. The molecule has 49 heavy (non-hydrogen) atoms. The third kappa shape index (κ3) is 6.33. The molecule has 0 aliphatic heterocycles. The zero-order chi connectivity index (χ0) is 33.5. The van der Waals surface area contributed by atoms with E-state index in [2.05, 4.69) is 138 Å². The molecule has 0 saturated heterocycles. The molecule has 0 saturated carbocycles. The Morgan fingerprint density at radius 3 is 1.82 bits per heavy atom. The van der Waals surface area contributed by atoms with E-state index in [1.54, 1.807) is 0 Å². The molecular weight excluding hydrogens is 603 g/mol. The highest BCUT2D eigenvalue weighted by molar-refractivity contribution is 5.81. The lowest BCUT2D eigenvalue weighted by Crippen LogP contribution is -2.39. The largest absolute Gasteiger partial charge is 0.345 e. The van der Waals surface area contributed by atoms with Crippen LogP contribution in [0.2, 0.25) is 0 Å². The summed E-state index contributed by atoms with van der Waals surface area (Å²) >= 11 is 0. The van der Waals surface area contributed by atoms with Crippen molar-refractivity contribution < 1.29 is 0 Å². The van der Waals surface area contributed by atoms with E-state index in [1.807, 2.05) is 22.9 Å². The van der Waals surface area contributed by atoms with Gasteiger partial charge in [0.15, 0.2) is 5.82 Å². The van der Waals surface area contributed by atoms with Gasteiger partial charge in [-0.25, -0.2) is 9.67 Å². The van der Waals surface area contributed by atoms with Gasteiger partial charge < -0.3 is 10.7 Å². The number of unbranched alkanes of at least 4 members (excludes halogenated alkanes) is 1. The lowest BCUT2D eigenvalue weighted by Gasteiger charge is -2.36. The molecule has 2 aromatic heterocycles. The molecule has 2 heterocycles. The van der Waals surface area contributed by atoms with Crippen LogP contribution in [0, 0.1) is 0 Å². The van der Waals surface area contributed by atoms with E-state index in [9.17, 15) is 0 Å². The Labute approximate surface area is 287 Å². The quantitative estimate of drug-likeness (QED) is 0.124. The lowest BCUT2D eigenvalue weighted by molar-refractivity contribution is 0.451. The fourth-order valence-corrected chi connectivity index (χ4v) is 6.88. The highest BCUT2D eigenvalue weighted by atomic mass is 15.6. The zero-order valence-corrected chi connectivity index (χ0v) is 27.8. The maximum atomic E-state index is 5.94. The second-order valence-electron chi connectivity index (χ2n) is 12.4. The van der Waals surface area contributed by atoms with Gasteiger partial charge in [0, 0.05) is 30.5 Å². The molecule has 7 aromatic rings. The number of aromatic nitrogens is 6. The number of aryl methyl sites for hydroxylation is 1. The van der Waals surface area contributed by atoms with Gasteiger partial charge in [0.05, 0.1) is 5.69 Å². The molecular formula is C42H41N7. The van der Waals surface area contributed by atoms with Crippen LogP contribution in [0.1, 0.15) is 59.2 Å². The monoisotopic (exact) mass is 643 g/mol. The number of rotatable bonds is 13. The van der Waals surface area contributed by atoms with Crippen molar-refractivity contribution in [3.8, 4) is 22.5 Å². The van der Waals surface area contributed by atoms with Crippen LogP contribution < -0.4 is 5.73 Å². The number of nitrogens with zero attached hydrogens (tertiary/aromatic N) is 5. The van der Waals surface area contributed by atoms with E-state index in [4.69, 9.17) is 21.0 Å². The zero-order valence-electron chi connectivity index (χ0n) is 27.8. The van der Waals surface area contributed by atoms with Gasteiger partial charge in [0.25, 0.3) is 0 Å². The van der Waals surface area contributed by atoms with Crippen LogP contribution in [0.25, 0.3) is 22.5 Å². The molecule has 0 bridgehead atoms. The van der Waals surface area contributed by atoms with E-state index < -0.39 is 5.54 Å². The van der Waals surface area contributed by atoms with E-state index >= 15 is 0 Å². The smallest absolute Gasteiger partial charge is 0.184 e. The summed E-state index contributed by atoms with van der Waals surface area (Å²) in [5, 5.41) is 13.8. The van der Waals surface area contributed by atoms with Gasteiger partial charge in [-0.15, -0.1) is 5.10 Å². The minimum atomic E-state index is -0.832. The number of benzene rings is 5. The molecule has 0 amide bonds. The van der Waals surface area contributed by atoms with Crippen LogP contribution in [0.15, 0.2) is 140 Å². The maximum absolute atomic E-state index is 5.94. The second-order valence-corrected chi connectivity index (χ2v) is 12.4. The van der Waals surface area contributed by atoms with E-state index in [-0.39, 0.29) is 0 Å². The summed E-state index contributed by atoms with van der Waals surface area (Å²) in [4.78, 5) is 8.47. The van der Waals surface area contributed by atoms with E-state index in [0.717, 1.165) is 82.7 Å². The maximum Gasteiger partial charge on any atom is 0.184 e. The van der Waals surface area contributed by atoms with Crippen molar-refractivity contribution in [2.24, 2.45) is 5.73 Å². The number of nitrogens with one attached hydrogen (secondary N) is 1. The first kappa shape index (κ1) is 31.9. The molecule has 0 atom stereocenters. The normalized spacial score (nSPS) is 11.6. The van der Waals surface area contributed by atoms with Crippen molar-refractivity contribution in [2.45, 2.75) is 44.6 Å². The van der Waals surface area contributed by atoms with Gasteiger partial charge >= 0.3 is 0 Å². The molecule has 7 rings (SSSR count). The van der Waals surface area contributed by atoms with Crippen molar-refractivity contribution in [2.75, 3.05) is 6.54 Å². The number of imidazole rings is 1. The SMILES string of the molecule is CCCCc1nc(CCN)c(Cc2ccc(-c3ccccc3-c3nnnn3C(c3ccccc3)(c3ccccc3)c3ccccc3)cc2)[nH]1. The van der Waals surface area contributed by atoms with E-state index in [1.165, 1.54) is 5.56 Å². The molecule has 7 nitrogen and oxygen atoms in total. The van der Waals surface area contributed by atoms with E-state index in [0.29, 0.717) is 12.4 Å². The minimum absolute atomic E-state index is 0.584. The molecule has 5 aromatic carbocycles. The topological polar surface area (TPSA) is 98.3 Å². The van der Waals surface area contributed by atoms with Crippen molar-refractivity contribution in [1.29, 1.82) is 0 Å². The summed E-state index contributed by atoms with van der Waals surface area (Å²) in [6.45, 7) is 2.79. The molecule has 0 spiro atoms. The van der Waals surface area contributed by atoms with Gasteiger partial charge in [0.1, 0.15) is 11.4 Å². The highest BCUT2D eigenvalue weighted by Crippen LogP contribution is 2.43. The summed E-state index contributed by atoms with van der Waals surface area (Å²) in [7, 11) is 0. The van der Waals surface area contributed by atoms with Crippen LogP contribution in [0.5, 0.6) is 0 Å². The summed E-state index contributed by atoms with van der Waals surface area (Å²) in [5.74, 6) is 1.74. The number of hydrogen-bond donors (Lipinski definition) is 2. The van der Waals surface area contributed by atoms with Gasteiger partial charge in [-0.05, 0) is 56.8 Å². The van der Waals surface area contributed by atoms with Crippen LogP contribution in [0.4, 0.5) is 0 Å². The van der Waals surface area contributed by atoms with Crippen molar-refractivity contribution >= 4 is 0 Å². The first-order valence-corrected chi connectivity index (χ1v) is 17.1.